The van der Waals surface area contributed by atoms with Crippen molar-refractivity contribution >= 4 is 28.8 Å². The summed E-state index contributed by atoms with van der Waals surface area (Å²) in [6.07, 6.45) is 0. The highest BCUT2D eigenvalue weighted by Gasteiger charge is 2.21. The lowest BCUT2D eigenvalue weighted by Crippen LogP contribution is -1.88. The Bertz CT molecular complexity index is 751. The summed E-state index contributed by atoms with van der Waals surface area (Å²) in [4.78, 5) is 0.878. The zero-order chi connectivity index (χ0) is 14.1. The average molecular weight is 307 g/mol. The predicted octanol–water partition coefficient (Wildman–Crippen LogP) is 4.31. The Morgan fingerprint density at radius 1 is 1.35 bits per heavy atom. The first-order valence-corrected chi connectivity index (χ1v) is 7.09. The summed E-state index contributed by atoms with van der Waals surface area (Å²) in [6, 6.07) is 9.29. The maximum absolute atomic E-state index is 6.04. The van der Waals surface area contributed by atoms with Crippen molar-refractivity contribution in [3.63, 3.8) is 0 Å². The first kappa shape index (κ1) is 13.0. The quantitative estimate of drug-likeness (QED) is 0.783. The van der Waals surface area contributed by atoms with Gasteiger partial charge in [0.1, 0.15) is 11.4 Å². The van der Waals surface area contributed by atoms with E-state index < -0.39 is 0 Å². The number of nitrogen functional groups attached to an aromatic ring is 1. The number of benzene rings is 1. The largest absolute Gasteiger partial charge is 0.495 e. The van der Waals surface area contributed by atoms with Gasteiger partial charge in [0.05, 0.1) is 17.6 Å². The van der Waals surface area contributed by atoms with Crippen molar-refractivity contribution in [3.8, 4) is 27.4 Å². The molecule has 0 unspecified atom stereocenters. The third-order valence-electron chi connectivity index (χ3n) is 2.90. The Balaban J connectivity index is 2.20. The van der Waals surface area contributed by atoms with Crippen molar-refractivity contribution in [1.29, 1.82) is 0 Å². The van der Waals surface area contributed by atoms with Crippen LogP contribution in [-0.4, -0.2) is 12.3 Å². The first-order chi connectivity index (χ1) is 9.70. The number of hydrogen-bond donors (Lipinski definition) is 1. The number of halogens is 1. The molecule has 0 atom stereocenters. The zero-order valence-corrected chi connectivity index (χ0v) is 12.2. The molecule has 0 fully saturated rings. The lowest BCUT2D eigenvalue weighted by Gasteiger charge is -2.04. The SMILES string of the molecule is COc1ccsc1-c1noc(N)c1-c1cccc(Cl)c1. The highest BCUT2D eigenvalue weighted by Crippen LogP contribution is 2.43. The molecule has 20 heavy (non-hydrogen) atoms. The van der Waals surface area contributed by atoms with Gasteiger partial charge in [0.25, 0.3) is 0 Å². The summed E-state index contributed by atoms with van der Waals surface area (Å²) in [5, 5.41) is 6.62. The summed E-state index contributed by atoms with van der Waals surface area (Å²) < 4.78 is 10.5. The van der Waals surface area contributed by atoms with Gasteiger partial charge in [-0.2, -0.15) is 0 Å². The van der Waals surface area contributed by atoms with E-state index in [9.17, 15) is 0 Å². The second-order valence-electron chi connectivity index (χ2n) is 4.10. The molecular weight excluding hydrogens is 296 g/mol. The van der Waals surface area contributed by atoms with Crippen LogP contribution in [0, 0.1) is 0 Å². The molecule has 0 saturated heterocycles. The average Bonchev–Trinajstić information content (AvgIpc) is 3.04. The lowest BCUT2D eigenvalue weighted by molar-refractivity contribution is 0.416. The van der Waals surface area contributed by atoms with E-state index in [-0.39, 0.29) is 5.88 Å². The van der Waals surface area contributed by atoms with E-state index in [2.05, 4.69) is 5.16 Å². The molecule has 2 heterocycles. The maximum Gasteiger partial charge on any atom is 0.230 e. The second kappa shape index (κ2) is 5.19. The summed E-state index contributed by atoms with van der Waals surface area (Å²) in [7, 11) is 1.62. The monoisotopic (exact) mass is 306 g/mol. The van der Waals surface area contributed by atoms with Crippen molar-refractivity contribution < 1.29 is 9.26 Å². The summed E-state index contributed by atoms with van der Waals surface area (Å²) in [6.45, 7) is 0. The number of thiophene rings is 1. The van der Waals surface area contributed by atoms with Gasteiger partial charge in [0, 0.05) is 5.02 Å². The third kappa shape index (κ3) is 2.15. The van der Waals surface area contributed by atoms with E-state index in [4.69, 9.17) is 26.6 Å². The molecule has 0 aliphatic carbocycles. The summed E-state index contributed by atoms with van der Waals surface area (Å²) >= 11 is 7.55. The summed E-state index contributed by atoms with van der Waals surface area (Å²) in [5.41, 5.74) is 8.17. The van der Waals surface area contributed by atoms with Crippen molar-refractivity contribution in [2.75, 3.05) is 12.8 Å². The van der Waals surface area contributed by atoms with Gasteiger partial charge in [-0.25, -0.2) is 0 Å². The fourth-order valence-corrected chi connectivity index (χ4v) is 3.05. The molecule has 0 spiro atoms. The fraction of sp³-hybridized carbons (Fsp3) is 0.0714. The molecule has 0 radical (unpaired) electrons. The first-order valence-electron chi connectivity index (χ1n) is 5.83. The number of methoxy groups -OCH3 is 1. The Kier molecular flexibility index (Phi) is 3.38. The van der Waals surface area contributed by atoms with Gasteiger partial charge >= 0.3 is 0 Å². The highest BCUT2D eigenvalue weighted by molar-refractivity contribution is 7.14. The van der Waals surface area contributed by atoms with E-state index in [0.29, 0.717) is 10.7 Å². The lowest BCUT2D eigenvalue weighted by atomic mass is 10.0. The van der Waals surface area contributed by atoms with Crippen LogP contribution in [0.3, 0.4) is 0 Å². The van der Waals surface area contributed by atoms with Crippen molar-refractivity contribution in [1.82, 2.24) is 5.16 Å². The van der Waals surface area contributed by atoms with Crippen LogP contribution in [0.4, 0.5) is 5.88 Å². The third-order valence-corrected chi connectivity index (χ3v) is 4.03. The normalized spacial score (nSPS) is 10.7. The Labute approximate surface area is 124 Å². The topological polar surface area (TPSA) is 61.3 Å². The van der Waals surface area contributed by atoms with Crippen molar-refractivity contribution in [3.05, 3.63) is 40.7 Å². The second-order valence-corrected chi connectivity index (χ2v) is 5.45. The molecule has 0 aliphatic rings. The van der Waals surface area contributed by atoms with E-state index in [1.165, 1.54) is 11.3 Å². The minimum Gasteiger partial charge on any atom is -0.495 e. The Hall–Kier alpha value is -1.98. The van der Waals surface area contributed by atoms with E-state index in [0.717, 1.165) is 21.8 Å². The zero-order valence-electron chi connectivity index (χ0n) is 10.6. The summed E-state index contributed by atoms with van der Waals surface area (Å²) in [5.74, 6) is 1.00. The van der Waals surface area contributed by atoms with Gasteiger partial charge in [-0.05, 0) is 29.1 Å². The maximum atomic E-state index is 6.04. The van der Waals surface area contributed by atoms with Crippen molar-refractivity contribution in [2.24, 2.45) is 0 Å². The molecule has 4 nitrogen and oxygen atoms in total. The molecule has 2 aromatic heterocycles. The molecule has 0 aliphatic heterocycles. The molecule has 3 rings (SSSR count). The van der Waals surface area contributed by atoms with Crippen LogP contribution < -0.4 is 10.5 Å². The molecule has 102 valence electrons. The molecule has 3 aromatic rings. The minimum absolute atomic E-state index is 0.262. The van der Waals surface area contributed by atoms with Crippen LogP contribution in [-0.2, 0) is 0 Å². The fourth-order valence-electron chi connectivity index (χ4n) is 2.01. The van der Waals surface area contributed by atoms with E-state index >= 15 is 0 Å². The number of anilines is 1. The number of nitrogens with zero attached hydrogens (tertiary/aromatic N) is 1. The molecule has 0 saturated carbocycles. The van der Waals surface area contributed by atoms with E-state index in [1.54, 1.807) is 13.2 Å². The standard InChI is InChI=1S/C14H11ClN2O2S/c1-18-10-5-6-20-13(10)12-11(14(16)19-17-12)8-3-2-4-9(15)7-8/h2-7H,16H2,1H3. The van der Waals surface area contributed by atoms with Gasteiger partial charge < -0.3 is 15.0 Å². The highest BCUT2D eigenvalue weighted by atomic mass is 35.5. The van der Waals surface area contributed by atoms with Gasteiger partial charge in [0.2, 0.25) is 5.88 Å². The van der Waals surface area contributed by atoms with Gasteiger partial charge in [-0.15, -0.1) is 11.3 Å². The predicted molar refractivity (Wildman–Crippen MR) is 81.2 cm³/mol. The van der Waals surface area contributed by atoms with E-state index in [1.807, 2.05) is 29.6 Å². The van der Waals surface area contributed by atoms with Gasteiger partial charge in [0.15, 0.2) is 0 Å². The van der Waals surface area contributed by atoms with Crippen LogP contribution in [0.1, 0.15) is 0 Å². The van der Waals surface area contributed by atoms with Gasteiger partial charge in [-0.3, -0.25) is 0 Å². The number of rotatable bonds is 3. The van der Waals surface area contributed by atoms with Crippen LogP contribution in [0.15, 0.2) is 40.2 Å². The molecule has 0 amide bonds. The molecule has 6 heteroatoms. The molecule has 0 bridgehead atoms. The number of ether oxygens (including phenoxy) is 1. The van der Waals surface area contributed by atoms with Crippen molar-refractivity contribution in [2.45, 2.75) is 0 Å². The Morgan fingerprint density at radius 3 is 2.95 bits per heavy atom. The number of hydrogen-bond acceptors (Lipinski definition) is 5. The molecule has 2 N–H and O–H groups in total. The number of aromatic nitrogens is 1. The minimum atomic E-state index is 0.262. The molecule has 1 aromatic carbocycles. The van der Waals surface area contributed by atoms with Crippen LogP contribution in [0.25, 0.3) is 21.7 Å². The smallest absolute Gasteiger partial charge is 0.230 e. The van der Waals surface area contributed by atoms with Crippen LogP contribution in [0.2, 0.25) is 5.02 Å². The van der Waals surface area contributed by atoms with Crippen LogP contribution in [0.5, 0.6) is 5.75 Å². The van der Waals surface area contributed by atoms with Gasteiger partial charge in [-0.1, -0.05) is 28.9 Å². The Morgan fingerprint density at radius 2 is 2.20 bits per heavy atom. The number of nitrogens with two attached hydrogens (primary N) is 1. The van der Waals surface area contributed by atoms with Crippen LogP contribution >= 0.6 is 22.9 Å². The molecular formula is C14H11ClN2O2S.